The van der Waals surface area contributed by atoms with Crippen LogP contribution >= 0.6 is 34.3 Å². The van der Waals surface area contributed by atoms with E-state index in [2.05, 4.69) is 15.4 Å². The second-order valence-corrected chi connectivity index (χ2v) is 7.39. The minimum absolute atomic E-state index is 0.414. The largest absolute Gasteiger partial charge is 0.387 e. The van der Waals surface area contributed by atoms with Crippen molar-refractivity contribution in [3.05, 3.63) is 57.9 Å². The van der Waals surface area contributed by atoms with Crippen molar-refractivity contribution in [2.75, 3.05) is 11.9 Å². The van der Waals surface area contributed by atoms with E-state index in [1.807, 2.05) is 47.3 Å². The predicted octanol–water partition coefficient (Wildman–Crippen LogP) is 4.32. The molecule has 0 amide bonds. The highest BCUT2D eigenvalue weighted by Crippen LogP contribution is 2.26. The first kappa shape index (κ1) is 15.6. The van der Waals surface area contributed by atoms with Gasteiger partial charge in [0, 0.05) is 17.1 Å². The van der Waals surface area contributed by atoms with Crippen molar-refractivity contribution in [3.8, 4) is 11.3 Å². The second kappa shape index (κ2) is 6.52. The molecule has 0 aliphatic heterocycles. The molecule has 3 heterocycles. The molecule has 0 aliphatic carbocycles. The average Bonchev–Trinajstić information content (AvgIpc) is 3.29. The van der Waals surface area contributed by atoms with Gasteiger partial charge in [0.05, 0.1) is 18.0 Å². The maximum atomic E-state index is 10.1. The van der Waals surface area contributed by atoms with E-state index >= 15 is 0 Å². The zero-order valence-electron chi connectivity index (χ0n) is 12.4. The predicted molar refractivity (Wildman–Crippen MR) is 99.1 cm³/mol. The number of nitrogens with one attached hydrogen (secondary N) is 1. The summed E-state index contributed by atoms with van der Waals surface area (Å²) in [6, 6.07) is 9.48. The minimum Gasteiger partial charge on any atom is -0.387 e. The van der Waals surface area contributed by atoms with Crippen molar-refractivity contribution < 1.29 is 5.11 Å². The lowest BCUT2D eigenvalue weighted by atomic mass is 10.2. The van der Waals surface area contributed by atoms with Gasteiger partial charge >= 0.3 is 0 Å². The molecule has 0 saturated heterocycles. The Morgan fingerprint density at radius 1 is 1.25 bits per heavy atom. The van der Waals surface area contributed by atoms with E-state index in [0.29, 0.717) is 11.6 Å². The quantitative estimate of drug-likeness (QED) is 0.544. The SMILES string of the molecule is OC(CNc1nn2cc(-c3ccc(Cl)cc3)nc2s1)c1ccsc1. The number of nitrogens with zero attached hydrogens (tertiary/aromatic N) is 3. The van der Waals surface area contributed by atoms with E-state index in [1.165, 1.54) is 11.3 Å². The van der Waals surface area contributed by atoms with Crippen LogP contribution in [0.4, 0.5) is 5.13 Å². The summed E-state index contributed by atoms with van der Waals surface area (Å²) >= 11 is 8.93. The number of aliphatic hydroxyl groups is 1. The molecule has 1 unspecified atom stereocenters. The van der Waals surface area contributed by atoms with Crippen LogP contribution in [0.25, 0.3) is 16.2 Å². The molecule has 0 fully saturated rings. The summed E-state index contributed by atoms with van der Waals surface area (Å²) in [5.41, 5.74) is 2.77. The number of anilines is 1. The van der Waals surface area contributed by atoms with Crippen molar-refractivity contribution in [1.29, 1.82) is 0 Å². The average molecular weight is 377 g/mol. The number of aromatic nitrogens is 3. The van der Waals surface area contributed by atoms with E-state index in [1.54, 1.807) is 15.9 Å². The van der Waals surface area contributed by atoms with Crippen molar-refractivity contribution in [2.45, 2.75) is 6.10 Å². The number of thiophene rings is 1. The lowest BCUT2D eigenvalue weighted by Crippen LogP contribution is -2.11. The van der Waals surface area contributed by atoms with Gasteiger partial charge < -0.3 is 10.4 Å². The van der Waals surface area contributed by atoms with Crippen molar-refractivity contribution in [3.63, 3.8) is 0 Å². The molecule has 4 aromatic rings. The number of aliphatic hydroxyl groups excluding tert-OH is 1. The molecule has 1 atom stereocenters. The van der Waals surface area contributed by atoms with Crippen LogP contribution in [0.2, 0.25) is 5.02 Å². The topological polar surface area (TPSA) is 62.5 Å². The summed E-state index contributed by atoms with van der Waals surface area (Å²) in [4.78, 5) is 5.38. The fourth-order valence-electron chi connectivity index (χ4n) is 2.30. The molecule has 4 rings (SSSR count). The van der Waals surface area contributed by atoms with Gasteiger partial charge in [0.25, 0.3) is 0 Å². The van der Waals surface area contributed by atoms with Gasteiger partial charge in [0.1, 0.15) is 0 Å². The van der Waals surface area contributed by atoms with Crippen LogP contribution in [-0.4, -0.2) is 26.2 Å². The Labute approximate surface area is 151 Å². The second-order valence-electron chi connectivity index (χ2n) is 5.22. The summed E-state index contributed by atoms with van der Waals surface area (Å²) in [5, 5.41) is 23.0. The highest BCUT2D eigenvalue weighted by atomic mass is 35.5. The highest BCUT2D eigenvalue weighted by molar-refractivity contribution is 7.20. The molecule has 0 spiro atoms. The molecule has 1 aromatic carbocycles. The summed E-state index contributed by atoms with van der Waals surface area (Å²) < 4.78 is 1.74. The Morgan fingerprint density at radius 3 is 2.79 bits per heavy atom. The van der Waals surface area contributed by atoms with Crippen LogP contribution in [0.15, 0.2) is 47.3 Å². The molecule has 8 heteroatoms. The highest BCUT2D eigenvalue weighted by Gasteiger charge is 2.12. The summed E-state index contributed by atoms with van der Waals surface area (Å²) in [6.07, 6.45) is 1.34. The van der Waals surface area contributed by atoms with Gasteiger partial charge in [-0.15, -0.1) is 5.10 Å². The first-order valence-electron chi connectivity index (χ1n) is 7.25. The third kappa shape index (κ3) is 3.16. The fraction of sp³-hybridized carbons (Fsp3) is 0.125. The van der Waals surface area contributed by atoms with Gasteiger partial charge in [-0.25, -0.2) is 9.50 Å². The van der Waals surface area contributed by atoms with Gasteiger partial charge in [0.15, 0.2) is 0 Å². The zero-order chi connectivity index (χ0) is 16.5. The molecule has 24 heavy (non-hydrogen) atoms. The molecule has 5 nitrogen and oxygen atoms in total. The minimum atomic E-state index is -0.544. The Kier molecular flexibility index (Phi) is 4.24. The van der Waals surface area contributed by atoms with Crippen LogP contribution in [0.1, 0.15) is 11.7 Å². The van der Waals surface area contributed by atoms with Crippen LogP contribution < -0.4 is 5.32 Å². The van der Waals surface area contributed by atoms with E-state index in [4.69, 9.17) is 11.6 Å². The van der Waals surface area contributed by atoms with E-state index in [9.17, 15) is 5.11 Å². The Morgan fingerprint density at radius 2 is 2.08 bits per heavy atom. The molecule has 0 radical (unpaired) electrons. The van der Waals surface area contributed by atoms with Crippen LogP contribution in [0, 0.1) is 0 Å². The van der Waals surface area contributed by atoms with Gasteiger partial charge in [-0.05, 0) is 34.5 Å². The van der Waals surface area contributed by atoms with Gasteiger partial charge in [-0.2, -0.15) is 11.3 Å². The molecule has 0 bridgehead atoms. The standard InChI is InChI=1S/C16H13ClN4OS2/c17-12-3-1-10(2-4-12)13-8-21-16(19-13)24-15(20-21)18-7-14(22)11-5-6-23-9-11/h1-6,8-9,14,22H,7H2,(H,18,20). The summed E-state index contributed by atoms with van der Waals surface area (Å²) in [7, 11) is 0. The van der Waals surface area contributed by atoms with Gasteiger partial charge in [-0.3, -0.25) is 0 Å². The number of halogens is 1. The Hall–Kier alpha value is -1.93. The summed E-state index contributed by atoms with van der Waals surface area (Å²) in [5.74, 6) is 0. The lowest BCUT2D eigenvalue weighted by Gasteiger charge is -2.08. The van der Waals surface area contributed by atoms with Crippen LogP contribution in [0.5, 0.6) is 0 Å². The zero-order valence-corrected chi connectivity index (χ0v) is 14.8. The summed E-state index contributed by atoms with van der Waals surface area (Å²) in [6.45, 7) is 0.414. The number of benzene rings is 1. The van der Waals surface area contributed by atoms with E-state index in [0.717, 1.165) is 26.9 Å². The molecule has 3 aromatic heterocycles. The van der Waals surface area contributed by atoms with Gasteiger partial charge in [0.2, 0.25) is 10.1 Å². The van der Waals surface area contributed by atoms with E-state index in [-0.39, 0.29) is 0 Å². The maximum Gasteiger partial charge on any atom is 0.214 e. The van der Waals surface area contributed by atoms with Gasteiger partial charge in [-0.1, -0.05) is 35.1 Å². The van der Waals surface area contributed by atoms with Crippen LogP contribution in [0.3, 0.4) is 0 Å². The third-order valence-corrected chi connectivity index (χ3v) is 5.39. The molecule has 122 valence electrons. The molecule has 0 saturated carbocycles. The molecular weight excluding hydrogens is 364 g/mol. The fourth-order valence-corrected chi connectivity index (χ4v) is 3.92. The third-order valence-electron chi connectivity index (χ3n) is 3.56. The first-order valence-corrected chi connectivity index (χ1v) is 9.39. The smallest absolute Gasteiger partial charge is 0.214 e. The number of rotatable bonds is 5. The Bertz CT molecular complexity index is 915. The number of fused-ring (bicyclic) bond motifs is 1. The van der Waals surface area contributed by atoms with E-state index < -0.39 is 6.10 Å². The normalized spacial score (nSPS) is 12.6. The van der Waals surface area contributed by atoms with Crippen molar-refractivity contribution in [1.82, 2.24) is 14.6 Å². The maximum absolute atomic E-state index is 10.1. The monoisotopic (exact) mass is 376 g/mol. The molecule has 0 aliphatic rings. The number of hydrogen-bond acceptors (Lipinski definition) is 6. The Balaban J connectivity index is 1.48. The first-order chi connectivity index (χ1) is 11.7. The van der Waals surface area contributed by atoms with Crippen molar-refractivity contribution >= 4 is 44.4 Å². The molecule has 2 N–H and O–H groups in total. The van der Waals surface area contributed by atoms with Crippen molar-refractivity contribution in [2.24, 2.45) is 0 Å². The lowest BCUT2D eigenvalue weighted by molar-refractivity contribution is 0.192. The molecular formula is C16H13ClN4OS2. The van der Waals surface area contributed by atoms with Crippen LogP contribution in [-0.2, 0) is 0 Å². The number of imidazole rings is 1. The number of hydrogen-bond donors (Lipinski definition) is 2.